The largest absolute Gasteiger partial charge is 0.378 e. The summed E-state index contributed by atoms with van der Waals surface area (Å²) in [6, 6.07) is 14.5. The fourth-order valence-corrected chi connectivity index (χ4v) is 3.83. The normalized spacial score (nSPS) is 10.8. The van der Waals surface area contributed by atoms with E-state index in [2.05, 4.69) is 71.4 Å². The number of amides is 1. The zero-order valence-corrected chi connectivity index (χ0v) is 18.4. The van der Waals surface area contributed by atoms with Crippen LogP contribution in [0.15, 0.2) is 53.9 Å². The minimum Gasteiger partial charge on any atom is -0.378 e. The molecule has 0 radical (unpaired) electrons. The van der Waals surface area contributed by atoms with Gasteiger partial charge in [0.15, 0.2) is 5.16 Å². The lowest BCUT2D eigenvalue weighted by molar-refractivity contribution is -0.127. The van der Waals surface area contributed by atoms with Crippen molar-refractivity contribution in [2.24, 2.45) is 0 Å². The molecule has 0 saturated carbocycles. The van der Waals surface area contributed by atoms with Gasteiger partial charge in [-0.1, -0.05) is 36.0 Å². The second-order valence-corrected chi connectivity index (χ2v) is 8.32. The minimum absolute atomic E-state index is 0.0576. The maximum absolute atomic E-state index is 12.6. The highest BCUT2D eigenvalue weighted by atomic mass is 32.2. The highest BCUT2D eigenvalue weighted by Gasteiger charge is 2.14. The molecule has 0 fully saturated rings. The third kappa shape index (κ3) is 5.17. The van der Waals surface area contributed by atoms with Crippen LogP contribution in [0.2, 0.25) is 0 Å². The molecule has 152 valence electrons. The molecule has 0 spiro atoms. The summed E-state index contributed by atoms with van der Waals surface area (Å²) >= 11 is 1.41. The zero-order valence-electron chi connectivity index (χ0n) is 17.6. The molecule has 0 aliphatic heterocycles. The van der Waals surface area contributed by atoms with E-state index in [-0.39, 0.29) is 5.91 Å². The number of benzene rings is 2. The van der Waals surface area contributed by atoms with Crippen LogP contribution in [0.4, 0.5) is 5.69 Å². The van der Waals surface area contributed by atoms with Gasteiger partial charge >= 0.3 is 0 Å². The molecule has 6 nitrogen and oxygen atoms in total. The average Bonchev–Trinajstić information content (AvgIpc) is 3.16. The quantitative estimate of drug-likeness (QED) is 0.557. The van der Waals surface area contributed by atoms with Crippen molar-refractivity contribution in [1.82, 2.24) is 19.7 Å². The number of thioether (sulfide) groups is 1. The van der Waals surface area contributed by atoms with Crippen molar-refractivity contribution < 1.29 is 4.79 Å². The van der Waals surface area contributed by atoms with E-state index >= 15 is 0 Å². The van der Waals surface area contributed by atoms with Gasteiger partial charge in [-0.2, -0.15) is 0 Å². The van der Waals surface area contributed by atoms with Crippen LogP contribution in [0.25, 0.3) is 5.69 Å². The van der Waals surface area contributed by atoms with E-state index in [1.807, 2.05) is 25.7 Å². The molecule has 29 heavy (non-hydrogen) atoms. The molecule has 2 aromatic carbocycles. The van der Waals surface area contributed by atoms with Crippen molar-refractivity contribution >= 4 is 23.4 Å². The number of carbonyl (C=O) groups is 1. The predicted octanol–water partition coefficient (Wildman–Crippen LogP) is 3.70. The van der Waals surface area contributed by atoms with Gasteiger partial charge in [-0.25, -0.2) is 0 Å². The first-order valence-corrected chi connectivity index (χ1v) is 10.4. The van der Waals surface area contributed by atoms with Crippen LogP contribution in [-0.4, -0.2) is 52.5 Å². The van der Waals surface area contributed by atoms with Crippen molar-refractivity contribution in [2.45, 2.75) is 25.5 Å². The van der Waals surface area contributed by atoms with Gasteiger partial charge in [0.1, 0.15) is 6.33 Å². The molecule has 0 bridgehead atoms. The first-order valence-electron chi connectivity index (χ1n) is 9.46. The van der Waals surface area contributed by atoms with Crippen molar-refractivity contribution in [2.75, 3.05) is 31.8 Å². The van der Waals surface area contributed by atoms with Crippen LogP contribution >= 0.6 is 11.8 Å². The van der Waals surface area contributed by atoms with Gasteiger partial charge < -0.3 is 9.80 Å². The van der Waals surface area contributed by atoms with Gasteiger partial charge in [0.05, 0.1) is 11.4 Å². The molecule has 0 atom stereocenters. The monoisotopic (exact) mass is 409 g/mol. The van der Waals surface area contributed by atoms with E-state index in [0.717, 1.165) is 27.7 Å². The van der Waals surface area contributed by atoms with Crippen molar-refractivity contribution in [3.63, 3.8) is 0 Å². The van der Waals surface area contributed by atoms with E-state index in [4.69, 9.17) is 0 Å². The SMILES string of the molecule is Cc1ccc(C)c(-n2cnnc2SCC(=O)N(C)Cc2ccc(N(C)C)cc2)c1. The van der Waals surface area contributed by atoms with Crippen LogP contribution in [0, 0.1) is 13.8 Å². The lowest BCUT2D eigenvalue weighted by atomic mass is 10.1. The molecule has 7 heteroatoms. The molecule has 3 aromatic rings. The average molecular weight is 410 g/mol. The van der Waals surface area contributed by atoms with Crippen LogP contribution in [0.3, 0.4) is 0 Å². The third-order valence-electron chi connectivity index (χ3n) is 4.76. The molecular formula is C22H27N5OS. The molecule has 1 heterocycles. The number of nitrogens with zero attached hydrogens (tertiary/aromatic N) is 5. The summed E-state index contributed by atoms with van der Waals surface area (Å²) in [6.07, 6.45) is 1.70. The second kappa shape index (κ2) is 9.13. The summed E-state index contributed by atoms with van der Waals surface area (Å²) in [5.41, 5.74) is 5.60. The van der Waals surface area contributed by atoms with Gasteiger partial charge in [0.25, 0.3) is 0 Å². The Bertz CT molecular complexity index is 981. The van der Waals surface area contributed by atoms with E-state index < -0.39 is 0 Å². The Kier molecular flexibility index (Phi) is 6.59. The van der Waals surface area contributed by atoms with E-state index in [1.54, 1.807) is 11.2 Å². The summed E-state index contributed by atoms with van der Waals surface area (Å²) in [7, 11) is 5.86. The molecule has 0 aliphatic rings. The summed E-state index contributed by atoms with van der Waals surface area (Å²) in [4.78, 5) is 16.4. The smallest absolute Gasteiger partial charge is 0.233 e. The lowest BCUT2D eigenvalue weighted by Crippen LogP contribution is -2.27. The van der Waals surface area contributed by atoms with E-state index in [0.29, 0.717) is 12.3 Å². The Morgan fingerprint density at radius 3 is 2.48 bits per heavy atom. The Balaban J connectivity index is 1.62. The van der Waals surface area contributed by atoms with Crippen LogP contribution in [0.5, 0.6) is 0 Å². The topological polar surface area (TPSA) is 54.3 Å². The number of aryl methyl sites for hydroxylation is 2. The highest BCUT2D eigenvalue weighted by Crippen LogP contribution is 2.23. The molecule has 1 aromatic heterocycles. The fraction of sp³-hybridized carbons (Fsp3) is 0.318. The Morgan fingerprint density at radius 1 is 1.07 bits per heavy atom. The predicted molar refractivity (Wildman–Crippen MR) is 119 cm³/mol. The molecule has 0 N–H and O–H groups in total. The second-order valence-electron chi connectivity index (χ2n) is 7.37. The Hall–Kier alpha value is -2.80. The summed E-state index contributed by atoms with van der Waals surface area (Å²) < 4.78 is 1.94. The standard InChI is InChI=1S/C22H27N5OS/c1-16-6-7-17(2)20(12-16)27-15-23-24-22(27)29-14-21(28)26(5)13-18-8-10-19(11-9-18)25(3)4/h6-12,15H,13-14H2,1-5H3. The number of aromatic nitrogens is 3. The fourth-order valence-electron chi connectivity index (χ4n) is 2.97. The number of carbonyl (C=O) groups excluding carboxylic acids is 1. The Labute approximate surface area is 176 Å². The van der Waals surface area contributed by atoms with Crippen LogP contribution < -0.4 is 4.90 Å². The maximum Gasteiger partial charge on any atom is 0.233 e. The maximum atomic E-state index is 12.6. The van der Waals surface area contributed by atoms with Gasteiger partial charge in [-0.15, -0.1) is 10.2 Å². The molecule has 1 amide bonds. The molecule has 3 rings (SSSR count). The summed E-state index contributed by atoms with van der Waals surface area (Å²) in [5, 5.41) is 8.97. The van der Waals surface area contributed by atoms with Gasteiger partial charge in [-0.3, -0.25) is 9.36 Å². The number of hydrogen-bond acceptors (Lipinski definition) is 5. The summed E-state index contributed by atoms with van der Waals surface area (Å²) in [5.74, 6) is 0.373. The van der Waals surface area contributed by atoms with E-state index in [9.17, 15) is 4.79 Å². The van der Waals surface area contributed by atoms with Gasteiger partial charge in [0, 0.05) is 33.4 Å². The molecule has 0 saturated heterocycles. The number of hydrogen-bond donors (Lipinski definition) is 0. The Morgan fingerprint density at radius 2 is 1.79 bits per heavy atom. The lowest BCUT2D eigenvalue weighted by Gasteiger charge is -2.18. The summed E-state index contributed by atoms with van der Waals surface area (Å²) in [6.45, 7) is 4.70. The highest BCUT2D eigenvalue weighted by molar-refractivity contribution is 7.99. The van der Waals surface area contributed by atoms with E-state index in [1.165, 1.54) is 17.3 Å². The number of rotatable bonds is 7. The van der Waals surface area contributed by atoms with Gasteiger partial charge in [0.2, 0.25) is 5.91 Å². The zero-order chi connectivity index (χ0) is 21.0. The van der Waals surface area contributed by atoms with Crippen LogP contribution in [-0.2, 0) is 11.3 Å². The van der Waals surface area contributed by atoms with Crippen molar-refractivity contribution in [1.29, 1.82) is 0 Å². The molecular weight excluding hydrogens is 382 g/mol. The van der Waals surface area contributed by atoms with Crippen molar-refractivity contribution in [3.8, 4) is 5.69 Å². The van der Waals surface area contributed by atoms with Crippen molar-refractivity contribution in [3.05, 3.63) is 65.5 Å². The first kappa shape index (κ1) is 20.9. The number of anilines is 1. The van der Waals surface area contributed by atoms with Crippen LogP contribution in [0.1, 0.15) is 16.7 Å². The minimum atomic E-state index is 0.0576. The molecule has 0 unspecified atom stereocenters. The van der Waals surface area contributed by atoms with Gasteiger partial charge in [-0.05, 0) is 48.7 Å². The first-order chi connectivity index (χ1) is 13.8. The molecule has 0 aliphatic carbocycles. The third-order valence-corrected chi connectivity index (χ3v) is 5.69.